The van der Waals surface area contributed by atoms with Gasteiger partial charge in [-0.25, -0.2) is 0 Å². The molecule has 0 saturated heterocycles. The van der Waals surface area contributed by atoms with Gasteiger partial charge in [0.2, 0.25) is 5.91 Å². The van der Waals surface area contributed by atoms with Crippen molar-refractivity contribution in [1.29, 1.82) is 0 Å². The zero-order valence-electron chi connectivity index (χ0n) is 18.1. The van der Waals surface area contributed by atoms with Gasteiger partial charge in [-0.1, -0.05) is 42.1 Å². The average Bonchev–Trinajstić information content (AvgIpc) is 3.46. The Kier molecular flexibility index (Phi) is 7.64. The number of thiophene rings is 1. The molecule has 0 aliphatic rings. The van der Waals surface area contributed by atoms with Crippen LogP contribution >= 0.6 is 23.1 Å². The predicted octanol–water partition coefficient (Wildman–Crippen LogP) is 4.10. The Morgan fingerprint density at radius 3 is 2.58 bits per heavy atom. The van der Waals surface area contributed by atoms with Crippen LogP contribution in [-0.4, -0.2) is 43.7 Å². The van der Waals surface area contributed by atoms with Crippen LogP contribution in [0.1, 0.15) is 27.0 Å². The lowest BCUT2D eigenvalue weighted by atomic mass is 10.2. The number of thioether (sulfide) groups is 1. The lowest BCUT2D eigenvalue weighted by molar-refractivity contribution is -0.118. The maximum absolute atomic E-state index is 12.8. The van der Waals surface area contributed by atoms with E-state index in [0.29, 0.717) is 29.5 Å². The van der Waals surface area contributed by atoms with Gasteiger partial charge in [-0.15, -0.1) is 21.5 Å². The van der Waals surface area contributed by atoms with Gasteiger partial charge < -0.3 is 5.32 Å². The molecule has 7 nitrogen and oxygen atoms in total. The molecular formula is C24H23N5O2S2. The Balaban J connectivity index is 1.47. The van der Waals surface area contributed by atoms with Crippen molar-refractivity contribution in [3.05, 3.63) is 82.3 Å². The Morgan fingerprint density at radius 1 is 1.03 bits per heavy atom. The van der Waals surface area contributed by atoms with E-state index < -0.39 is 0 Å². The van der Waals surface area contributed by atoms with Crippen molar-refractivity contribution in [2.75, 3.05) is 12.3 Å². The molecule has 0 unspecified atom stereocenters. The van der Waals surface area contributed by atoms with E-state index in [1.54, 1.807) is 12.4 Å². The van der Waals surface area contributed by atoms with Crippen LogP contribution in [0.5, 0.6) is 0 Å². The van der Waals surface area contributed by atoms with Crippen LogP contribution in [0.15, 0.2) is 72.1 Å². The summed E-state index contributed by atoms with van der Waals surface area (Å²) in [7, 11) is 0. The summed E-state index contributed by atoms with van der Waals surface area (Å²) in [5.41, 5.74) is 2.05. The van der Waals surface area contributed by atoms with Crippen LogP contribution in [0.25, 0.3) is 11.4 Å². The van der Waals surface area contributed by atoms with E-state index in [-0.39, 0.29) is 17.4 Å². The van der Waals surface area contributed by atoms with E-state index >= 15 is 0 Å². The summed E-state index contributed by atoms with van der Waals surface area (Å²) in [4.78, 5) is 29.7. The Hall–Kier alpha value is -3.30. The summed E-state index contributed by atoms with van der Waals surface area (Å²) in [6.45, 7) is 2.67. The zero-order chi connectivity index (χ0) is 23.0. The number of hydrogen-bond donors (Lipinski definition) is 1. The van der Waals surface area contributed by atoms with Crippen LogP contribution in [-0.2, 0) is 17.8 Å². The minimum absolute atomic E-state index is 0.0509. The van der Waals surface area contributed by atoms with Crippen molar-refractivity contribution in [1.82, 2.24) is 25.1 Å². The minimum atomic E-state index is -0.0509. The standard InChI is InChI=1S/C24H23N5O2S2/c1-17(30)26-14-11-20-7-8-22(33-20)21(31)16-32-24-28-27-23(19-9-12-25-13-10-19)29(24)15-18-5-3-2-4-6-18/h2-10,12-13H,11,14-16H2,1H3,(H,26,30). The molecule has 4 aromatic rings. The van der Waals surface area contributed by atoms with Crippen LogP contribution in [0.3, 0.4) is 0 Å². The van der Waals surface area contributed by atoms with Gasteiger partial charge in [-0.05, 0) is 36.2 Å². The van der Waals surface area contributed by atoms with Gasteiger partial charge in [0, 0.05) is 36.3 Å². The lowest BCUT2D eigenvalue weighted by Gasteiger charge is -2.10. The first kappa shape index (κ1) is 22.9. The molecule has 3 aromatic heterocycles. The van der Waals surface area contributed by atoms with Crippen molar-refractivity contribution in [2.24, 2.45) is 0 Å². The normalized spacial score (nSPS) is 10.8. The fourth-order valence-electron chi connectivity index (χ4n) is 3.24. The summed E-state index contributed by atoms with van der Waals surface area (Å²) in [5, 5.41) is 12.3. The Morgan fingerprint density at radius 2 is 1.82 bits per heavy atom. The highest BCUT2D eigenvalue weighted by Gasteiger charge is 2.17. The van der Waals surface area contributed by atoms with E-state index in [1.165, 1.54) is 30.0 Å². The molecule has 0 atom stereocenters. The Bertz CT molecular complexity index is 1220. The van der Waals surface area contributed by atoms with Crippen molar-refractivity contribution >= 4 is 34.8 Å². The molecule has 0 bridgehead atoms. The first-order chi connectivity index (χ1) is 16.1. The largest absolute Gasteiger partial charge is 0.356 e. The number of carbonyl (C=O) groups is 2. The molecule has 0 spiro atoms. The molecular weight excluding hydrogens is 454 g/mol. The molecule has 9 heteroatoms. The fourth-order valence-corrected chi connectivity index (χ4v) is 5.10. The molecule has 33 heavy (non-hydrogen) atoms. The summed E-state index contributed by atoms with van der Waals surface area (Å²) in [6, 6.07) is 17.7. The highest BCUT2D eigenvalue weighted by molar-refractivity contribution is 7.99. The smallest absolute Gasteiger partial charge is 0.216 e. The van der Waals surface area contributed by atoms with Gasteiger partial charge in [-0.3, -0.25) is 19.1 Å². The van der Waals surface area contributed by atoms with E-state index in [4.69, 9.17) is 0 Å². The number of hydrogen-bond acceptors (Lipinski definition) is 7. The molecule has 4 rings (SSSR count). The second kappa shape index (κ2) is 11.0. The average molecular weight is 478 g/mol. The topological polar surface area (TPSA) is 89.8 Å². The van der Waals surface area contributed by atoms with Crippen LogP contribution in [0.2, 0.25) is 0 Å². The Labute approximate surface area is 200 Å². The predicted molar refractivity (Wildman–Crippen MR) is 131 cm³/mol. The number of benzene rings is 1. The quantitative estimate of drug-likeness (QED) is 0.273. The van der Waals surface area contributed by atoms with Crippen molar-refractivity contribution in [3.63, 3.8) is 0 Å². The number of ketones is 1. The molecule has 0 fully saturated rings. The van der Waals surface area contributed by atoms with E-state index in [9.17, 15) is 9.59 Å². The van der Waals surface area contributed by atoms with Crippen molar-refractivity contribution in [3.8, 4) is 11.4 Å². The SMILES string of the molecule is CC(=O)NCCc1ccc(C(=O)CSc2nnc(-c3ccncc3)n2Cc2ccccc2)s1. The van der Waals surface area contributed by atoms with Gasteiger partial charge in [0.15, 0.2) is 16.8 Å². The lowest BCUT2D eigenvalue weighted by Crippen LogP contribution is -2.22. The van der Waals surface area contributed by atoms with E-state index in [0.717, 1.165) is 21.8 Å². The maximum Gasteiger partial charge on any atom is 0.216 e. The molecule has 1 N–H and O–H groups in total. The van der Waals surface area contributed by atoms with Gasteiger partial charge in [-0.2, -0.15) is 0 Å². The van der Waals surface area contributed by atoms with E-state index in [2.05, 4.69) is 32.6 Å². The molecule has 0 radical (unpaired) electrons. The summed E-state index contributed by atoms with van der Waals surface area (Å²) in [6.07, 6.45) is 4.17. The number of Topliss-reactive ketones (excluding diaryl/α,β-unsaturated/α-hetero) is 1. The molecule has 0 aliphatic carbocycles. The summed E-state index contributed by atoms with van der Waals surface area (Å²) in [5.74, 6) is 1.02. The number of amides is 1. The first-order valence-electron chi connectivity index (χ1n) is 10.5. The molecule has 3 heterocycles. The third-order valence-corrected chi connectivity index (χ3v) is 7.01. The van der Waals surface area contributed by atoms with Crippen molar-refractivity contribution in [2.45, 2.75) is 25.0 Å². The first-order valence-corrected chi connectivity index (χ1v) is 12.3. The molecule has 1 amide bonds. The van der Waals surface area contributed by atoms with Gasteiger partial charge in [0.25, 0.3) is 0 Å². The fraction of sp³-hybridized carbons (Fsp3) is 0.208. The number of pyridine rings is 1. The maximum atomic E-state index is 12.8. The second-order valence-corrected chi connectivity index (χ2v) is 9.44. The number of nitrogens with zero attached hydrogens (tertiary/aromatic N) is 4. The summed E-state index contributed by atoms with van der Waals surface area (Å²) < 4.78 is 2.04. The summed E-state index contributed by atoms with van der Waals surface area (Å²) >= 11 is 2.86. The third kappa shape index (κ3) is 6.15. The molecule has 168 valence electrons. The molecule has 0 aliphatic heterocycles. The monoisotopic (exact) mass is 477 g/mol. The van der Waals surface area contributed by atoms with Crippen LogP contribution < -0.4 is 5.32 Å². The number of rotatable bonds is 10. The van der Waals surface area contributed by atoms with Gasteiger partial charge >= 0.3 is 0 Å². The number of aromatic nitrogens is 4. The van der Waals surface area contributed by atoms with Crippen LogP contribution in [0, 0.1) is 0 Å². The van der Waals surface area contributed by atoms with Crippen molar-refractivity contribution < 1.29 is 9.59 Å². The molecule has 1 aromatic carbocycles. The third-order valence-electron chi connectivity index (χ3n) is 4.85. The van der Waals surface area contributed by atoms with Crippen LogP contribution in [0.4, 0.5) is 0 Å². The number of nitrogens with one attached hydrogen (secondary N) is 1. The highest BCUT2D eigenvalue weighted by Crippen LogP contribution is 2.26. The highest BCUT2D eigenvalue weighted by atomic mass is 32.2. The van der Waals surface area contributed by atoms with Gasteiger partial charge in [0.05, 0.1) is 17.2 Å². The molecule has 0 saturated carbocycles. The minimum Gasteiger partial charge on any atom is -0.356 e. The number of carbonyl (C=O) groups excluding carboxylic acids is 2. The van der Waals surface area contributed by atoms with E-state index in [1.807, 2.05) is 47.0 Å². The zero-order valence-corrected chi connectivity index (χ0v) is 19.7. The van der Waals surface area contributed by atoms with Gasteiger partial charge in [0.1, 0.15) is 0 Å². The second-order valence-electron chi connectivity index (χ2n) is 7.32.